The average molecular weight is 807 g/mol. The minimum Gasteiger partial charge on any atom is -0.455 e. The highest BCUT2D eigenvalue weighted by Gasteiger charge is 2.21. The van der Waals surface area contributed by atoms with E-state index in [9.17, 15) is 0 Å². The smallest absolute Gasteiger partial charge is 0.167 e. The van der Waals surface area contributed by atoms with E-state index in [0.29, 0.717) is 17.5 Å². The van der Waals surface area contributed by atoms with Gasteiger partial charge < -0.3 is 8.98 Å². The molecule has 0 saturated heterocycles. The Morgan fingerprint density at radius 1 is 0.349 bits per heavy atom. The van der Waals surface area contributed by atoms with Crippen molar-refractivity contribution in [2.24, 2.45) is 0 Å². The summed E-state index contributed by atoms with van der Waals surface area (Å²) in [6.07, 6.45) is 0. The minimum absolute atomic E-state index is 0.556. The maximum Gasteiger partial charge on any atom is 0.167 e. The van der Waals surface area contributed by atoms with Crippen molar-refractivity contribution in [3.05, 3.63) is 206 Å². The molecule has 4 heterocycles. The van der Waals surface area contributed by atoms with E-state index in [1.165, 1.54) is 10.8 Å². The normalized spacial score (nSPS) is 11.8. The molecular formula is C56H34N6O. The number of benzene rings is 9. The average Bonchev–Trinajstić information content (AvgIpc) is 4.04. The summed E-state index contributed by atoms with van der Waals surface area (Å²) in [5.41, 5.74) is 11.6. The summed E-state index contributed by atoms with van der Waals surface area (Å²) in [6, 6.07) is 71.5. The Morgan fingerprint density at radius 2 is 0.984 bits per heavy atom. The second-order valence-corrected chi connectivity index (χ2v) is 15.9. The van der Waals surface area contributed by atoms with Gasteiger partial charge in [0.25, 0.3) is 0 Å². The lowest BCUT2D eigenvalue weighted by atomic mass is 10.0. The molecule has 0 aliphatic heterocycles. The van der Waals surface area contributed by atoms with Gasteiger partial charge in [0.05, 0.1) is 27.6 Å². The largest absolute Gasteiger partial charge is 0.455 e. The van der Waals surface area contributed by atoms with Crippen molar-refractivity contribution >= 4 is 65.6 Å². The van der Waals surface area contributed by atoms with Crippen LogP contribution in [0.15, 0.2) is 211 Å². The van der Waals surface area contributed by atoms with Crippen LogP contribution in [0.2, 0.25) is 0 Å². The fourth-order valence-corrected chi connectivity index (χ4v) is 9.26. The molecule has 294 valence electrons. The molecule has 63 heavy (non-hydrogen) atoms. The lowest BCUT2D eigenvalue weighted by Crippen LogP contribution is -2.00. The molecule has 0 aliphatic rings. The van der Waals surface area contributed by atoms with Gasteiger partial charge in [0, 0.05) is 55.0 Å². The molecule has 0 aliphatic carbocycles. The molecule has 0 N–H and O–H groups in total. The second kappa shape index (κ2) is 13.9. The zero-order valence-corrected chi connectivity index (χ0v) is 33.7. The minimum atomic E-state index is 0.556. The van der Waals surface area contributed by atoms with Gasteiger partial charge in [-0.3, -0.25) is 4.57 Å². The number of para-hydroxylation sites is 3. The molecule has 0 saturated carbocycles. The number of hydrogen-bond donors (Lipinski definition) is 0. The topological polar surface area (TPSA) is 74.6 Å². The molecule has 0 fully saturated rings. The van der Waals surface area contributed by atoms with Crippen LogP contribution in [0.3, 0.4) is 0 Å². The van der Waals surface area contributed by atoms with E-state index in [0.717, 1.165) is 94.2 Å². The van der Waals surface area contributed by atoms with Crippen molar-refractivity contribution in [3.8, 4) is 56.9 Å². The van der Waals surface area contributed by atoms with Gasteiger partial charge in [-0.25, -0.2) is 19.9 Å². The summed E-state index contributed by atoms with van der Waals surface area (Å²) >= 11 is 0. The van der Waals surface area contributed by atoms with Crippen LogP contribution in [0, 0.1) is 0 Å². The van der Waals surface area contributed by atoms with Gasteiger partial charge in [0.2, 0.25) is 0 Å². The number of nitrogens with zero attached hydrogens (tertiary/aromatic N) is 6. The van der Waals surface area contributed by atoms with E-state index in [1.807, 2.05) is 72.8 Å². The van der Waals surface area contributed by atoms with Crippen LogP contribution >= 0.6 is 0 Å². The maximum absolute atomic E-state index is 6.73. The molecule has 0 amide bonds. The second-order valence-electron chi connectivity index (χ2n) is 15.9. The monoisotopic (exact) mass is 806 g/mol. The number of rotatable bonds is 6. The van der Waals surface area contributed by atoms with Gasteiger partial charge in [-0.15, -0.1) is 0 Å². The van der Waals surface area contributed by atoms with Gasteiger partial charge in [-0.1, -0.05) is 146 Å². The number of imidazole rings is 1. The van der Waals surface area contributed by atoms with Crippen LogP contribution in [0.25, 0.3) is 122 Å². The Hall–Kier alpha value is -8.68. The Balaban J connectivity index is 0.996. The van der Waals surface area contributed by atoms with Gasteiger partial charge in [0.15, 0.2) is 17.5 Å². The van der Waals surface area contributed by atoms with Crippen LogP contribution < -0.4 is 0 Å². The summed E-state index contributed by atoms with van der Waals surface area (Å²) in [6.45, 7) is 0. The lowest BCUT2D eigenvalue weighted by molar-refractivity contribution is 0.669. The fraction of sp³-hybridized carbons (Fsp3) is 0. The fourth-order valence-electron chi connectivity index (χ4n) is 9.26. The highest BCUT2D eigenvalue weighted by molar-refractivity contribution is 6.18. The zero-order valence-electron chi connectivity index (χ0n) is 33.7. The van der Waals surface area contributed by atoms with Crippen molar-refractivity contribution in [2.45, 2.75) is 0 Å². The third-order valence-corrected chi connectivity index (χ3v) is 12.2. The predicted molar refractivity (Wildman–Crippen MR) is 255 cm³/mol. The zero-order chi connectivity index (χ0) is 41.4. The van der Waals surface area contributed by atoms with E-state index < -0.39 is 0 Å². The van der Waals surface area contributed by atoms with Gasteiger partial charge in [-0.2, -0.15) is 0 Å². The van der Waals surface area contributed by atoms with E-state index in [1.54, 1.807) is 0 Å². The lowest BCUT2D eigenvalue weighted by Gasteiger charge is -2.10. The number of hydrogen-bond acceptors (Lipinski definition) is 5. The van der Waals surface area contributed by atoms with Crippen LogP contribution in [0.5, 0.6) is 0 Å². The predicted octanol–water partition coefficient (Wildman–Crippen LogP) is 14.0. The van der Waals surface area contributed by atoms with Gasteiger partial charge >= 0.3 is 0 Å². The molecule has 7 nitrogen and oxygen atoms in total. The molecule has 13 aromatic rings. The molecule has 0 spiro atoms. The number of furan rings is 1. The van der Waals surface area contributed by atoms with Crippen LogP contribution in [0.4, 0.5) is 0 Å². The molecule has 4 aromatic heterocycles. The highest BCUT2D eigenvalue weighted by Crippen LogP contribution is 2.41. The maximum atomic E-state index is 6.73. The standard InChI is InChI=1S/C56H34N6O/c1-5-16-35(17-6-1)53-58-54(36-18-7-2-8-19-36)60-55(59-53)43-26-15-25-42-46-33-40(29-31-50(46)63-52(42)43)61-47-27-14-13-24-41(47)45-34-44-38(32-49(45)61)28-30-48-51(44)57-56(37-20-9-3-10-21-37)62(48)39-22-11-4-12-23-39/h1-34H. The summed E-state index contributed by atoms with van der Waals surface area (Å²) in [5.74, 6) is 2.69. The summed E-state index contributed by atoms with van der Waals surface area (Å²) < 4.78 is 11.4. The highest BCUT2D eigenvalue weighted by atomic mass is 16.3. The quantitative estimate of drug-likeness (QED) is 0.167. The number of fused-ring (bicyclic) bond motifs is 9. The summed E-state index contributed by atoms with van der Waals surface area (Å²) in [7, 11) is 0. The van der Waals surface area contributed by atoms with Crippen LogP contribution in [-0.4, -0.2) is 29.1 Å². The van der Waals surface area contributed by atoms with Crippen molar-refractivity contribution in [2.75, 3.05) is 0 Å². The first-order valence-corrected chi connectivity index (χ1v) is 21.1. The van der Waals surface area contributed by atoms with Crippen molar-refractivity contribution in [3.63, 3.8) is 0 Å². The Labute approximate surface area is 360 Å². The summed E-state index contributed by atoms with van der Waals surface area (Å²) in [5, 5.41) is 6.58. The first-order valence-electron chi connectivity index (χ1n) is 21.1. The molecule has 7 heteroatoms. The van der Waals surface area contributed by atoms with Gasteiger partial charge in [0.1, 0.15) is 17.0 Å². The third-order valence-electron chi connectivity index (χ3n) is 12.2. The van der Waals surface area contributed by atoms with Crippen molar-refractivity contribution in [1.82, 2.24) is 29.1 Å². The molecule has 13 rings (SSSR count). The SMILES string of the molecule is c1ccc(-c2nc(-c3ccccc3)nc(-c3cccc4c3oc3ccc(-n5c6ccccc6c6cc7c(ccc8c7nc(-c7ccccc7)n8-c7ccccc7)cc65)cc34)n2)cc1. The first-order chi connectivity index (χ1) is 31.2. The molecular weight excluding hydrogens is 773 g/mol. The van der Waals surface area contributed by atoms with Crippen molar-refractivity contribution in [1.29, 1.82) is 0 Å². The molecule has 0 bridgehead atoms. The summed E-state index contributed by atoms with van der Waals surface area (Å²) in [4.78, 5) is 20.4. The van der Waals surface area contributed by atoms with E-state index in [-0.39, 0.29) is 0 Å². The van der Waals surface area contributed by atoms with E-state index in [2.05, 4.69) is 143 Å². The van der Waals surface area contributed by atoms with Gasteiger partial charge in [-0.05, 0) is 66.0 Å². The van der Waals surface area contributed by atoms with E-state index >= 15 is 0 Å². The number of aromatic nitrogens is 6. The Kier molecular flexibility index (Phi) is 7.77. The van der Waals surface area contributed by atoms with Crippen LogP contribution in [-0.2, 0) is 0 Å². The van der Waals surface area contributed by atoms with Crippen LogP contribution in [0.1, 0.15) is 0 Å². The molecule has 0 radical (unpaired) electrons. The molecule has 9 aromatic carbocycles. The van der Waals surface area contributed by atoms with Crippen molar-refractivity contribution < 1.29 is 4.42 Å². The van der Waals surface area contributed by atoms with E-state index in [4.69, 9.17) is 24.4 Å². The molecule has 0 unspecified atom stereocenters. The first kappa shape index (κ1) is 35.1. The Morgan fingerprint density at radius 3 is 1.71 bits per heavy atom. The Bertz CT molecular complexity index is 3830. The third kappa shape index (κ3) is 5.60. The molecule has 0 atom stereocenters.